The first-order chi connectivity index (χ1) is 8.28. The van der Waals surface area contributed by atoms with E-state index in [9.17, 15) is 0 Å². The molecular weight excluding hydrogens is 214 g/mol. The van der Waals surface area contributed by atoms with Gasteiger partial charge in [0.2, 0.25) is 0 Å². The van der Waals surface area contributed by atoms with E-state index < -0.39 is 0 Å². The molecule has 94 valence electrons. The van der Waals surface area contributed by atoms with E-state index in [2.05, 4.69) is 6.07 Å². The summed E-state index contributed by atoms with van der Waals surface area (Å²) in [6.07, 6.45) is 4.77. The number of rotatable bonds is 4. The highest BCUT2D eigenvalue weighted by Crippen LogP contribution is 2.21. The Kier molecular flexibility index (Phi) is 4.40. The lowest BCUT2D eigenvalue weighted by molar-refractivity contribution is 0.0122. The van der Waals surface area contributed by atoms with E-state index >= 15 is 0 Å². The minimum Gasteiger partial charge on any atom is -0.497 e. The predicted molar refractivity (Wildman–Crippen MR) is 68.0 cm³/mol. The van der Waals surface area contributed by atoms with Crippen LogP contribution in [0.1, 0.15) is 31.2 Å². The molecule has 3 nitrogen and oxygen atoms in total. The summed E-state index contributed by atoms with van der Waals surface area (Å²) in [6, 6.07) is 8.33. The van der Waals surface area contributed by atoms with Gasteiger partial charge in [-0.3, -0.25) is 0 Å². The van der Waals surface area contributed by atoms with Gasteiger partial charge >= 0.3 is 0 Å². The molecule has 1 aromatic carbocycles. The van der Waals surface area contributed by atoms with Crippen LogP contribution in [0.2, 0.25) is 0 Å². The molecular formula is C14H21NO2. The highest BCUT2D eigenvalue weighted by molar-refractivity contribution is 5.27. The van der Waals surface area contributed by atoms with Crippen LogP contribution in [0.15, 0.2) is 24.3 Å². The molecule has 17 heavy (non-hydrogen) atoms. The average Bonchev–Trinajstić information content (AvgIpc) is 2.37. The number of methoxy groups -OCH3 is 1. The van der Waals surface area contributed by atoms with Crippen LogP contribution in [-0.2, 0) is 11.3 Å². The van der Waals surface area contributed by atoms with Gasteiger partial charge in [0.15, 0.2) is 0 Å². The first-order valence-electron chi connectivity index (χ1n) is 6.28. The van der Waals surface area contributed by atoms with Crippen LogP contribution in [0.4, 0.5) is 0 Å². The summed E-state index contributed by atoms with van der Waals surface area (Å²) in [4.78, 5) is 0. The number of hydrogen-bond donors (Lipinski definition) is 1. The molecule has 1 fully saturated rings. The van der Waals surface area contributed by atoms with Gasteiger partial charge in [-0.15, -0.1) is 0 Å². The molecule has 2 atom stereocenters. The zero-order valence-corrected chi connectivity index (χ0v) is 10.4. The number of hydrogen-bond acceptors (Lipinski definition) is 3. The van der Waals surface area contributed by atoms with Gasteiger partial charge in [-0.1, -0.05) is 12.1 Å². The summed E-state index contributed by atoms with van der Waals surface area (Å²) >= 11 is 0. The van der Waals surface area contributed by atoms with Crippen LogP contribution in [0.5, 0.6) is 5.75 Å². The van der Waals surface area contributed by atoms with Gasteiger partial charge in [-0.05, 0) is 43.4 Å². The van der Waals surface area contributed by atoms with Crippen LogP contribution < -0.4 is 10.5 Å². The maximum Gasteiger partial charge on any atom is 0.119 e. The van der Waals surface area contributed by atoms with E-state index in [1.165, 1.54) is 6.42 Å². The quantitative estimate of drug-likeness (QED) is 0.872. The summed E-state index contributed by atoms with van der Waals surface area (Å²) in [5, 5.41) is 0. The second-order valence-corrected chi connectivity index (χ2v) is 4.71. The molecule has 2 rings (SSSR count). The summed E-state index contributed by atoms with van der Waals surface area (Å²) in [6.45, 7) is 0.647. The van der Waals surface area contributed by atoms with E-state index in [-0.39, 0.29) is 0 Å². The smallest absolute Gasteiger partial charge is 0.119 e. The van der Waals surface area contributed by atoms with Crippen molar-refractivity contribution in [3.8, 4) is 5.75 Å². The van der Waals surface area contributed by atoms with Crippen molar-refractivity contribution in [2.45, 2.75) is 44.4 Å². The zero-order valence-electron chi connectivity index (χ0n) is 10.4. The lowest BCUT2D eigenvalue weighted by atomic mass is 9.93. The first-order valence-corrected chi connectivity index (χ1v) is 6.28. The fraction of sp³-hybridized carbons (Fsp3) is 0.571. The molecule has 1 aromatic rings. The molecule has 1 aliphatic rings. The average molecular weight is 235 g/mol. The highest BCUT2D eigenvalue weighted by Gasteiger charge is 2.19. The molecule has 0 radical (unpaired) electrons. The Labute approximate surface area is 103 Å². The second-order valence-electron chi connectivity index (χ2n) is 4.71. The van der Waals surface area contributed by atoms with Crippen LogP contribution in [0, 0.1) is 0 Å². The SMILES string of the molecule is COc1cccc(COC2CCCC(N)C2)c1. The Morgan fingerprint density at radius 1 is 1.35 bits per heavy atom. The maximum atomic E-state index is 5.94. The van der Waals surface area contributed by atoms with Gasteiger partial charge < -0.3 is 15.2 Å². The van der Waals surface area contributed by atoms with Crippen LogP contribution >= 0.6 is 0 Å². The summed E-state index contributed by atoms with van der Waals surface area (Å²) in [7, 11) is 1.68. The van der Waals surface area contributed by atoms with E-state index in [4.69, 9.17) is 15.2 Å². The standard InChI is InChI=1S/C14H21NO2/c1-16-13-6-2-4-11(8-13)10-17-14-7-3-5-12(15)9-14/h2,4,6,8,12,14H,3,5,7,9-10,15H2,1H3. The van der Waals surface area contributed by atoms with Crippen molar-refractivity contribution in [1.82, 2.24) is 0 Å². The maximum absolute atomic E-state index is 5.94. The van der Waals surface area contributed by atoms with Gasteiger partial charge in [0.05, 0.1) is 19.8 Å². The molecule has 0 amide bonds. The molecule has 0 heterocycles. The second kappa shape index (κ2) is 6.03. The summed E-state index contributed by atoms with van der Waals surface area (Å²) in [5.41, 5.74) is 7.10. The minimum absolute atomic E-state index is 0.319. The Balaban J connectivity index is 1.84. The van der Waals surface area contributed by atoms with Crippen molar-refractivity contribution >= 4 is 0 Å². The Hall–Kier alpha value is -1.06. The third-order valence-electron chi connectivity index (χ3n) is 3.29. The van der Waals surface area contributed by atoms with E-state index in [1.54, 1.807) is 7.11 Å². The zero-order chi connectivity index (χ0) is 12.1. The molecule has 0 spiro atoms. The molecule has 2 unspecified atom stereocenters. The largest absolute Gasteiger partial charge is 0.497 e. The lowest BCUT2D eigenvalue weighted by Crippen LogP contribution is -2.32. The predicted octanol–water partition coefficient (Wildman–Crippen LogP) is 2.48. The lowest BCUT2D eigenvalue weighted by Gasteiger charge is -2.26. The van der Waals surface area contributed by atoms with Crippen molar-refractivity contribution in [1.29, 1.82) is 0 Å². The number of ether oxygens (including phenoxy) is 2. The molecule has 2 N–H and O–H groups in total. The molecule has 1 saturated carbocycles. The molecule has 0 aliphatic heterocycles. The Morgan fingerprint density at radius 2 is 2.24 bits per heavy atom. The summed E-state index contributed by atoms with van der Waals surface area (Å²) in [5.74, 6) is 0.881. The fourth-order valence-electron chi connectivity index (χ4n) is 2.31. The van der Waals surface area contributed by atoms with Crippen molar-refractivity contribution in [2.75, 3.05) is 7.11 Å². The minimum atomic E-state index is 0.319. The van der Waals surface area contributed by atoms with Crippen molar-refractivity contribution in [2.24, 2.45) is 5.73 Å². The van der Waals surface area contributed by atoms with E-state index in [0.29, 0.717) is 18.8 Å². The van der Waals surface area contributed by atoms with Gasteiger partial charge in [0.25, 0.3) is 0 Å². The van der Waals surface area contributed by atoms with Crippen LogP contribution in [0.25, 0.3) is 0 Å². The Morgan fingerprint density at radius 3 is 3.00 bits per heavy atom. The van der Waals surface area contributed by atoms with Gasteiger partial charge in [-0.2, -0.15) is 0 Å². The van der Waals surface area contributed by atoms with Crippen LogP contribution in [-0.4, -0.2) is 19.3 Å². The molecule has 1 aliphatic carbocycles. The fourth-order valence-corrected chi connectivity index (χ4v) is 2.31. The molecule has 0 aromatic heterocycles. The van der Waals surface area contributed by atoms with Crippen molar-refractivity contribution in [3.63, 3.8) is 0 Å². The monoisotopic (exact) mass is 235 g/mol. The number of benzene rings is 1. The van der Waals surface area contributed by atoms with Crippen LogP contribution in [0.3, 0.4) is 0 Å². The van der Waals surface area contributed by atoms with E-state index in [1.807, 2.05) is 18.2 Å². The normalized spacial score (nSPS) is 24.6. The third kappa shape index (κ3) is 3.72. The van der Waals surface area contributed by atoms with Gasteiger partial charge in [0, 0.05) is 6.04 Å². The first kappa shape index (κ1) is 12.4. The molecule has 3 heteroatoms. The molecule has 0 saturated heterocycles. The molecule has 0 bridgehead atoms. The highest BCUT2D eigenvalue weighted by atomic mass is 16.5. The van der Waals surface area contributed by atoms with Gasteiger partial charge in [-0.25, -0.2) is 0 Å². The Bertz CT molecular complexity index is 354. The topological polar surface area (TPSA) is 44.5 Å². The van der Waals surface area contributed by atoms with E-state index in [0.717, 1.165) is 30.6 Å². The van der Waals surface area contributed by atoms with Crippen molar-refractivity contribution < 1.29 is 9.47 Å². The third-order valence-corrected chi connectivity index (χ3v) is 3.29. The van der Waals surface area contributed by atoms with Gasteiger partial charge in [0.1, 0.15) is 5.75 Å². The summed E-state index contributed by atoms with van der Waals surface area (Å²) < 4.78 is 11.1. The number of nitrogens with two attached hydrogens (primary N) is 1. The van der Waals surface area contributed by atoms with Crippen molar-refractivity contribution in [3.05, 3.63) is 29.8 Å².